The van der Waals surface area contributed by atoms with E-state index in [9.17, 15) is 9.18 Å². The van der Waals surface area contributed by atoms with Gasteiger partial charge in [0.25, 0.3) is 5.91 Å². The summed E-state index contributed by atoms with van der Waals surface area (Å²) in [7, 11) is 1.36. The molecule has 60 valence electrons. The van der Waals surface area contributed by atoms with Crippen LogP contribution in [0.25, 0.3) is 0 Å². The van der Waals surface area contributed by atoms with Gasteiger partial charge in [0.2, 0.25) is 0 Å². The smallest absolute Gasteiger partial charge is 0.258 e. The Morgan fingerprint density at radius 1 is 1.82 bits per heavy atom. The van der Waals surface area contributed by atoms with Crippen molar-refractivity contribution in [3.05, 3.63) is 11.8 Å². The average molecular weight is 156 g/mol. The largest absolute Gasteiger partial charge is 0.305 e. The van der Waals surface area contributed by atoms with Crippen LogP contribution in [0.1, 0.15) is 6.92 Å². The second kappa shape index (κ2) is 4.45. The third-order valence-corrected chi connectivity index (χ3v) is 1.24. The van der Waals surface area contributed by atoms with Gasteiger partial charge in [-0.1, -0.05) is 6.08 Å². The number of allylic oxidation sites excluding steroid dienone is 2. The highest BCUT2D eigenvalue weighted by atomic mass is 19.1. The van der Waals surface area contributed by atoms with Crippen LogP contribution in [-0.4, -0.2) is 24.5 Å². The van der Waals surface area contributed by atoms with E-state index in [0.717, 1.165) is 4.90 Å². The van der Waals surface area contributed by atoms with Gasteiger partial charge in [0.15, 0.2) is 6.67 Å². The molecule has 0 aliphatic heterocycles. The fraction of sp³-hybridized carbons (Fsp3) is 0.429. The molecule has 0 N–H and O–H groups in total. The maximum atomic E-state index is 11.7. The van der Waals surface area contributed by atoms with Crippen LogP contribution >= 0.6 is 0 Å². The van der Waals surface area contributed by atoms with Crippen molar-refractivity contribution in [3.8, 4) is 6.07 Å². The predicted octanol–water partition coefficient (Wildman–Crippen LogP) is 0.842. The van der Waals surface area contributed by atoms with Crippen LogP contribution in [0.5, 0.6) is 0 Å². The number of alkyl halides is 1. The Balaban J connectivity index is 4.37. The van der Waals surface area contributed by atoms with Gasteiger partial charge in [-0.15, -0.1) is 0 Å². The highest BCUT2D eigenvalue weighted by molar-refractivity contribution is 5.79. The van der Waals surface area contributed by atoms with Crippen LogP contribution in [0.2, 0.25) is 0 Å². The molecular weight excluding hydrogens is 147 g/mol. The third-order valence-electron chi connectivity index (χ3n) is 1.24. The lowest BCUT2D eigenvalue weighted by atomic mass is 10.4. The Kier molecular flexibility index (Phi) is 3.89. The molecule has 0 unspecified atom stereocenters. The monoisotopic (exact) mass is 156 g/mol. The zero-order chi connectivity index (χ0) is 8.85. The van der Waals surface area contributed by atoms with Crippen molar-refractivity contribution in [3.63, 3.8) is 0 Å². The van der Waals surface area contributed by atoms with Gasteiger partial charge in [0.1, 0.15) is 11.8 Å². The summed E-state index contributed by atoms with van der Waals surface area (Å²) in [6, 6.07) is 1.77. The van der Waals surface area contributed by atoms with Crippen LogP contribution in [0.4, 0.5) is 4.39 Å². The van der Waals surface area contributed by atoms with Crippen molar-refractivity contribution in [1.29, 1.82) is 5.26 Å². The molecule has 0 saturated heterocycles. The number of rotatable bonds is 2. The zero-order valence-electron chi connectivity index (χ0n) is 6.47. The van der Waals surface area contributed by atoms with Gasteiger partial charge >= 0.3 is 0 Å². The van der Waals surface area contributed by atoms with Gasteiger partial charge < -0.3 is 4.90 Å². The minimum Gasteiger partial charge on any atom is -0.305 e. The fourth-order valence-electron chi connectivity index (χ4n) is 0.557. The van der Waals surface area contributed by atoms with E-state index >= 15 is 0 Å². The van der Waals surface area contributed by atoms with Gasteiger partial charge in [-0.25, -0.2) is 4.39 Å². The third kappa shape index (κ3) is 2.38. The van der Waals surface area contributed by atoms with Crippen molar-refractivity contribution in [2.75, 3.05) is 13.7 Å². The second-order valence-electron chi connectivity index (χ2n) is 1.87. The Labute approximate surface area is 64.7 Å². The van der Waals surface area contributed by atoms with Crippen LogP contribution in [0.3, 0.4) is 0 Å². The zero-order valence-corrected chi connectivity index (χ0v) is 6.47. The molecule has 0 bridgehead atoms. The summed E-state index contributed by atoms with van der Waals surface area (Å²) in [6.07, 6.45) is 1.45. The molecule has 0 spiro atoms. The van der Waals surface area contributed by atoms with E-state index in [1.54, 1.807) is 13.0 Å². The molecule has 11 heavy (non-hydrogen) atoms. The van der Waals surface area contributed by atoms with Gasteiger partial charge in [0.05, 0.1) is 0 Å². The van der Waals surface area contributed by atoms with Crippen LogP contribution in [-0.2, 0) is 4.79 Å². The van der Waals surface area contributed by atoms with Crippen molar-refractivity contribution < 1.29 is 9.18 Å². The molecule has 1 amide bonds. The Bertz CT molecular complexity index is 217. The predicted molar refractivity (Wildman–Crippen MR) is 38.1 cm³/mol. The summed E-state index contributed by atoms with van der Waals surface area (Å²) in [4.78, 5) is 11.6. The van der Waals surface area contributed by atoms with Gasteiger partial charge in [-0.05, 0) is 6.92 Å². The van der Waals surface area contributed by atoms with Crippen molar-refractivity contribution in [2.45, 2.75) is 6.92 Å². The van der Waals surface area contributed by atoms with E-state index in [0.29, 0.717) is 0 Å². The minimum absolute atomic E-state index is 0.160. The molecule has 0 aliphatic carbocycles. The van der Waals surface area contributed by atoms with Crippen LogP contribution in [0, 0.1) is 11.3 Å². The molecule has 0 radical (unpaired) electrons. The molecule has 0 heterocycles. The summed E-state index contributed by atoms with van der Waals surface area (Å²) in [6.45, 7) is 0.538. The first kappa shape index (κ1) is 9.63. The van der Waals surface area contributed by atoms with E-state index in [1.807, 2.05) is 0 Å². The summed E-state index contributed by atoms with van der Waals surface area (Å²) in [5.74, 6) is -0.709. The van der Waals surface area contributed by atoms with E-state index in [-0.39, 0.29) is 5.70 Å². The highest BCUT2D eigenvalue weighted by Gasteiger charge is 2.10. The Morgan fingerprint density at radius 2 is 2.36 bits per heavy atom. The first-order valence-corrected chi connectivity index (χ1v) is 3.06. The minimum atomic E-state index is -1.07. The number of hydrogen-bond acceptors (Lipinski definition) is 2. The molecule has 0 atom stereocenters. The van der Waals surface area contributed by atoms with Gasteiger partial charge in [-0.3, -0.25) is 4.79 Å². The summed E-state index contributed by atoms with van der Waals surface area (Å²) in [5.41, 5.74) is 0.160. The number of carbonyl (C=O) groups is 1. The Hall–Kier alpha value is -1.37. The number of carbonyl (C=O) groups excluding carboxylic acids is 1. The normalized spacial score (nSPS) is 10.5. The molecule has 0 aliphatic rings. The van der Waals surface area contributed by atoms with Crippen molar-refractivity contribution in [1.82, 2.24) is 4.90 Å². The highest BCUT2D eigenvalue weighted by Crippen LogP contribution is 1.99. The molecule has 0 fully saturated rings. The first-order chi connectivity index (χ1) is 5.17. The van der Waals surface area contributed by atoms with E-state index < -0.39 is 12.6 Å². The van der Waals surface area contributed by atoms with E-state index in [2.05, 4.69) is 0 Å². The van der Waals surface area contributed by atoms with E-state index in [4.69, 9.17) is 5.26 Å². The molecule has 3 nitrogen and oxygen atoms in total. The second-order valence-corrected chi connectivity index (χ2v) is 1.87. The van der Waals surface area contributed by atoms with Crippen LogP contribution in [0.15, 0.2) is 11.8 Å². The summed E-state index contributed by atoms with van der Waals surface area (Å²) < 4.78 is 11.7. The first-order valence-electron chi connectivity index (χ1n) is 3.06. The van der Waals surface area contributed by atoms with Crippen LogP contribution < -0.4 is 0 Å². The number of hydrogen-bond donors (Lipinski definition) is 0. The maximum Gasteiger partial charge on any atom is 0.258 e. The SMILES string of the molecule is C/C=C(/C#N)N(C)C(=O)CF. The number of nitrogens with zero attached hydrogens (tertiary/aromatic N) is 2. The van der Waals surface area contributed by atoms with Crippen molar-refractivity contribution in [2.24, 2.45) is 0 Å². The lowest BCUT2D eigenvalue weighted by Crippen LogP contribution is -2.26. The number of halogens is 1. The molecule has 4 heteroatoms. The Morgan fingerprint density at radius 3 is 2.64 bits per heavy atom. The lowest BCUT2D eigenvalue weighted by Gasteiger charge is -2.12. The van der Waals surface area contributed by atoms with Gasteiger partial charge in [-0.2, -0.15) is 5.26 Å². The number of amides is 1. The molecule has 0 aromatic carbocycles. The number of nitriles is 1. The summed E-state index contributed by atoms with van der Waals surface area (Å²) in [5, 5.41) is 8.41. The average Bonchev–Trinajstić information content (AvgIpc) is 2.05. The molecule has 0 aromatic rings. The summed E-state index contributed by atoms with van der Waals surface area (Å²) >= 11 is 0. The molecule has 0 rings (SSSR count). The fourth-order valence-corrected chi connectivity index (χ4v) is 0.557. The standard InChI is InChI=1S/C7H9FN2O/c1-3-6(5-9)10(2)7(11)4-8/h3H,4H2,1-2H3/b6-3-. The lowest BCUT2D eigenvalue weighted by molar-refractivity contribution is -0.128. The molecule has 0 aromatic heterocycles. The quantitative estimate of drug-likeness (QED) is 0.556. The van der Waals surface area contributed by atoms with Crippen molar-refractivity contribution >= 4 is 5.91 Å². The van der Waals surface area contributed by atoms with Gasteiger partial charge in [0, 0.05) is 7.05 Å². The molecular formula is C7H9FN2O. The molecule has 0 saturated carbocycles. The topological polar surface area (TPSA) is 44.1 Å². The van der Waals surface area contributed by atoms with E-state index in [1.165, 1.54) is 13.1 Å². The maximum absolute atomic E-state index is 11.7.